The van der Waals surface area contributed by atoms with Gasteiger partial charge in [-0.15, -0.1) is 0 Å². The molecule has 0 unspecified atom stereocenters. The van der Waals surface area contributed by atoms with Gasteiger partial charge in [-0.25, -0.2) is 0 Å². The molecule has 1 aliphatic rings. The number of Topliss-reactive ketones (excluding diaryl/α,β-unsaturated/α-hetero) is 1. The molecule has 8 heteroatoms. The molecule has 0 aliphatic carbocycles. The summed E-state index contributed by atoms with van der Waals surface area (Å²) in [5.74, 6) is -1.75. The number of hydrogen-bond acceptors (Lipinski definition) is 7. The minimum Gasteiger partial charge on any atom is -0.507 e. The Hall–Kier alpha value is -3.36. The number of aliphatic hydroxyl groups is 1. The number of likely N-dealkylation sites (tertiary alicyclic amines) is 1. The van der Waals surface area contributed by atoms with Crippen LogP contribution in [0, 0.1) is 0 Å². The number of benzene rings is 2. The summed E-state index contributed by atoms with van der Waals surface area (Å²) in [6.45, 7) is 2.05. The van der Waals surface area contributed by atoms with Crippen molar-refractivity contribution in [1.82, 2.24) is 4.90 Å². The third kappa shape index (κ3) is 4.40. The van der Waals surface area contributed by atoms with Crippen molar-refractivity contribution in [2.45, 2.75) is 19.3 Å². The van der Waals surface area contributed by atoms with Gasteiger partial charge in [0.2, 0.25) is 0 Å². The fourth-order valence-corrected chi connectivity index (χ4v) is 3.54. The second kappa shape index (κ2) is 9.63. The smallest absolute Gasteiger partial charge is 0.295 e. The fourth-order valence-electron chi connectivity index (χ4n) is 3.54. The monoisotopic (exact) mass is 427 g/mol. The maximum atomic E-state index is 13.0. The average molecular weight is 427 g/mol. The first-order valence-corrected chi connectivity index (χ1v) is 9.78. The summed E-state index contributed by atoms with van der Waals surface area (Å²) >= 11 is 0. The molecule has 3 rings (SSSR count). The van der Waals surface area contributed by atoms with Crippen LogP contribution in [-0.2, 0) is 19.1 Å². The number of aromatic hydroxyl groups is 1. The van der Waals surface area contributed by atoms with Crippen LogP contribution in [0.4, 0.5) is 0 Å². The molecule has 1 atom stereocenters. The highest BCUT2D eigenvalue weighted by Crippen LogP contribution is 2.41. The molecule has 0 bridgehead atoms. The molecule has 0 radical (unpaired) electrons. The van der Waals surface area contributed by atoms with E-state index >= 15 is 0 Å². The third-order valence-electron chi connectivity index (χ3n) is 5.06. The van der Waals surface area contributed by atoms with Crippen LogP contribution in [0.3, 0.4) is 0 Å². The zero-order valence-corrected chi connectivity index (χ0v) is 17.6. The molecule has 2 aromatic carbocycles. The molecule has 1 aliphatic heterocycles. The molecule has 0 spiro atoms. The average Bonchev–Trinajstić information content (AvgIpc) is 3.03. The number of carbonyl (C=O) groups excluding carboxylic acids is 2. The number of ketones is 1. The molecule has 8 nitrogen and oxygen atoms in total. The molecule has 2 aromatic rings. The zero-order valence-electron chi connectivity index (χ0n) is 17.6. The van der Waals surface area contributed by atoms with E-state index in [2.05, 4.69) is 0 Å². The number of carbonyl (C=O) groups is 2. The summed E-state index contributed by atoms with van der Waals surface area (Å²) in [6.07, 6.45) is -0.777. The summed E-state index contributed by atoms with van der Waals surface area (Å²) in [6, 6.07) is 12.1. The van der Waals surface area contributed by atoms with Crippen molar-refractivity contribution in [1.29, 1.82) is 0 Å². The van der Waals surface area contributed by atoms with Gasteiger partial charge in [-0.2, -0.15) is 0 Å². The molecular weight excluding hydrogens is 402 g/mol. The van der Waals surface area contributed by atoms with Crippen LogP contribution in [0.2, 0.25) is 0 Å². The Morgan fingerprint density at radius 2 is 1.77 bits per heavy atom. The van der Waals surface area contributed by atoms with E-state index in [0.29, 0.717) is 17.7 Å². The summed E-state index contributed by atoms with van der Waals surface area (Å²) in [4.78, 5) is 27.2. The first-order valence-electron chi connectivity index (χ1n) is 9.78. The van der Waals surface area contributed by atoms with Gasteiger partial charge in [0.25, 0.3) is 11.7 Å². The van der Waals surface area contributed by atoms with E-state index in [1.807, 2.05) is 0 Å². The maximum Gasteiger partial charge on any atom is 0.295 e. The Balaban J connectivity index is 2.18. The van der Waals surface area contributed by atoms with E-state index in [0.717, 1.165) is 0 Å². The molecule has 1 amide bonds. The highest BCUT2D eigenvalue weighted by atomic mass is 16.7. The summed E-state index contributed by atoms with van der Waals surface area (Å²) < 4.78 is 15.9. The van der Waals surface area contributed by atoms with E-state index in [1.54, 1.807) is 49.4 Å². The second-order valence-corrected chi connectivity index (χ2v) is 6.88. The van der Waals surface area contributed by atoms with Gasteiger partial charge in [0, 0.05) is 19.8 Å². The topological polar surface area (TPSA) is 106 Å². The normalized spacial score (nSPS) is 18.1. The van der Waals surface area contributed by atoms with Crippen molar-refractivity contribution >= 4 is 17.4 Å². The van der Waals surface area contributed by atoms with Crippen LogP contribution in [0.5, 0.6) is 11.5 Å². The van der Waals surface area contributed by atoms with Crippen molar-refractivity contribution in [3.8, 4) is 11.5 Å². The van der Waals surface area contributed by atoms with Gasteiger partial charge >= 0.3 is 0 Å². The van der Waals surface area contributed by atoms with Crippen LogP contribution in [0.15, 0.2) is 54.1 Å². The van der Waals surface area contributed by atoms with Crippen LogP contribution < -0.4 is 4.74 Å². The number of rotatable bonds is 8. The largest absolute Gasteiger partial charge is 0.507 e. The third-order valence-corrected chi connectivity index (χ3v) is 5.06. The summed E-state index contributed by atoms with van der Waals surface area (Å²) in [7, 11) is 2.86. The van der Waals surface area contributed by atoms with Gasteiger partial charge in [0.15, 0.2) is 17.8 Å². The standard InChI is InChI=1S/C23H25NO7/c1-4-31-17-12-15(10-11-16(17)25)20-19(21(26)14-8-6-5-7-9-14)22(27)23(28)24(20)13-18(29-2)30-3/h5-12,18,20,25-26H,4,13H2,1-3H3/t20-/m1/s1. The van der Waals surface area contributed by atoms with E-state index in [4.69, 9.17) is 14.2 Å². The highest BCUT2D eigenvalue weighted by molar-refractivity contribution is 6.46. The SMILES string of the molecule is CCOc1cc([C@@H]2C(=C(O)c3ccccc3)C(=O)C(=O)N2CC(OC)OC)ccc1O. The van der Waals surface area contributed by atoms with E-state index < -0.39 is 24.0 Å². The number of phenolic OH excluding ortho intramolecular Hbond substituents is 1. The van der Waals surface area contributed by atoms with Crippen molar-refractivity contribution < 1.29 is 34.0 Å². The Kier molecular flexibility index (Phi) is 6.94. The van der Waals surface area contributed by atoms with Crippen LogP contribution >= 0.6 is 0 Å². The van der Waals surface area contributed by atoms with E-state index in [1.165, 1.54) is 25.2 Å². The van der Waals surface area contributed by atoms with Gasteiger partial charge in [-0.3, -0.25) is 9.59 Å². The van der Waals surface area contributed by atoms with Gasteiger partial charge < -0.3 is 29.3 Å². The van der Waals surface area contributed by atoms with Gasteiger partial charge in [0.1, 0.15) is 5.76 Å². The summed E-state index contributed by atoms with van der Waals surface area (Å²) in [5, 5.41) is 21.1. The summed E-state index contributed by atoms with van der Waals surface area (Å²) in [5.41, 5.74) is 0.837. The molecular formula is C23H25NO7. The molecule has 1 saturated heterocycles. The number of nitrogens with zero attached hydrogens (tertiary/aromatic N) is 1. The fraction of sp³-hybridized carbons (Fsp3) is 0.304. The number of ether oxygens (including phenoxy) is 3. The number of aliphatic hydroxyl groups excluding tert-OH is 1. The van der Waals surface area contributed by atoms with Gasteiger partial charge in [-0.1, -0.05) is 36.4 Å². The first-order chi connectivity index (χ1) is 14.9. The molecule has 31 heavy (non-hydrogen) atoms. The van der Waals surface area contributed by atoms with Crippen molar-refractivity contribution in [2.75, 3.05) is 27.4 Å². The lowest BCUT2D eigenvalue weighted by molar-refractivity contribution is -0.149. The van der Waals surface area contributed by atoms with Crippen molar-refractivity contribution in [3.63, 3.8) is 0 Å². The lowest BCUT2D eigenvalue weighted by Crippen LogP contribution is -2.38. The maximum absolute atomic E-state index is 13.0. The van der Waals surface area contributed by atoms with Crippen molar-refractivity contribution in [2.24, 2.45) is 0 Å². The molecule has 2 N–H and O–H groups in total. The number of phenols is 1. The molecule has 1 heterocycles. The lowest BCUT2D eigenvalue weighted by atomic mass is 9.95. The molecule has 0 saturated carbocycles. The van der Waals surface area contributed by atoms with Crippen LogP contribution in [-0.4, -0.2) is 60.5 Å². The second-order valence-electron chi connectivity index (χ2n) is 6.88. The van der Waals surface area contributed by atoms with E-state index in [9.17, 15) is 19.8 Å². The van der Waals surface area contributed by atoms with Gasteiger partial charge in [0.05, 0.1) is 24.8 Å². The predicted octanol–water partition coefficient (Wildman–Crippen LogP) is 2.83. The van der Waals surface area contributed by atoms with E-state index in [-0.39, 0.29) is 29.4 Å². The molecule has 164 valence electrons. The first kappa shape index (κ1) is 22.3. The Morgan fingerprint density at radius 1 is 1.10 bits per heavy atom. The van der Waals surface area contributed by atoms with Crippen LogP contribution in [0.1, 0.15) is 24.1 Å². The Bertz CT molecular complexity index is 983. The molecule has 1 fully saturated rings. The quantitative estimate of drug-likeness (QED) is 0.289. The lowest BCUT2D eigenvalue weighted by Gasteiger charge is -2.28. The number of amides is 1. The minimum atomic E-state index is -0.923. The Labute approximate surface area is 180 Å². The van der Waals surface area contributed by atoms with Gasteiger partial charge in [-0.05, 0) is 24.6 Å². The number of hydrogen-bond donors (Lipinski definition) is 2. The zero-order chi connectivity index (χ0) is 22.5. The molecule has 0 aromatic heterocycles. The Morgan fingerprint density at radius 3 is 2.39 bits per heavy atom. The van der Waals surface area contributed by atoms with Crippen molar-refractivity contribution in [3.05, 3.63) is 65.2 Å². The van der Waals surface area contributed by atoms with Crippen LogP contribution in [0.25, 0.3) is 5.76 Å². The number of methoxy groups -OCH3 is 2. The predicted molar refractivity (Wildman–Crippen MR) is 113 cm³/mol. The highest BCUT2D eigenvalue weighted by Gasteiger charge is 2.47. The minimum absolute atomic E-state index is 0.0430.